The first kappa shape index (κ1) is 16.6. The second-order valence-electron chi connectivity index (χ2n) is 4.72. The van der Waals surface area contributed by atoms with Gasteiger partial charge in [0.05, 0.1) is 19.8 Å². The molecule has 6 nitrogen and oxygen atoms in total. The number of esters is 2. The van der Waals surface area contributed by atoms with E-state index in [4.69, 9.17) is 14.2 Å². The molecule has 110 valence electrons. The molecule has 1 fully saturated rings. The molecule has 0 unspecified atom stereocenters. The van der Waals surface area contributed by atoms with Gasteiger partial charge < -0.3 is 14.2 Å². The van der Waals surface area contributed by atoms with E-state index in [1.54, 1.807) is 13.8 Å². The topological polar surface area (TPSA) is 65.1 Å². The van der Waals surface area contributed by atoms with Crippen LogP contribution in [0.1, 0.15) is 13.8 Å². The summed E-state index contributed by atoms with van der Waals surface area (Å²) in [5.74, 6) is -0.607. The zero-order chi connectivity index (χ0) is 14.3. The number of nitrogens with zero attached hydrogens (tertiary/aromatic N) is 1. The molecular weight excluding hydrogens is 365 g/mol. The van der Waals surface area contributed by atoms with Gasteiger partial charge in [0.15, 0.2) is 0 Å². The average Bonchev–Trinajstić information content (AvgIpc) is 2.34. The van der Waals surface area contributed by atoms with Crippen molar-refractivity contribution in [3.63, 3.8) is 0 Å². The van der Waals surface area contributed by atoms with Crippen LogP contribution in [0.4, 0.5) is 0 Å². The Bertz CT molecular complexity index is 310. The number of morpholine rings is 1. The predicted octanol–water partition coefficient (Wildman–Crippen LogP) is 0.619. The molecule has 0 radical (unpaired) electrons. The first-order chi connectivity index (χ1) is 8.89. The fraction of sp³-hybridized carbons (Fsp3) is 0.833. The summed E-state index contributed by atoms with van der Waals surface area (Å²) in [5.41, 5.74) is 0. The highest BCUT2D eigenvalue weighted by molar-refractivity contribution is 14.1. The van der Waals surface area contributed by atoms with Crippen LogP contribution in [0, 0.1) is 0 Å². The van der Waals surface area contributed by atoms with Crippen LogP contribution in [0.25, 0.3) is 0 Å². The Kier molecular flexibility index (Phi) is 7.01. The van der Waals surface area contributed by atoms with Crippen molar-refractivity contribution in [2.75, 3.05) is 46.1 Å². The van der Waals surface area contributed by atoms with Gasteiger partial charge in [0.25, 0.3) is 0 Å². The predicted molar refractivity (Wildman–Crippen MR) is 77.3 cm³/mol. The lowest BCUT2D eigenvalue weighted by atomic mass is 10.2. The molecule has 0 N–H and O–H groups in total. The second-order valence-corrected chi connectivity index (χ2v) is 7.41. The highest BCUT2D eigenvalue weighted by atomic mass is 127. The minimum atomic E-state index is -0.560. The number of alkyl halides is 1. The number of carbonyl (C=O) groups is 2. The first-order valence-corrected chi connectivity index (χ1v) is 7.29. The van der Waals surface area contributed by atoms with Gasteiger partial charge in [-0.15, -0.1) is 0 Å². The van der Waals surface area contributed by atoms with Crippen LogP contribution in [0.3, 0.4) is 0 Å². The third-order valence-electron chi connectivity index (χ3n) is 2.52. The number of rotatable bonds is 6. The van der Waals surface area contributed by atoms with Gasteiger partial charge in [0, 0.05) is 13.1 Å². The fourth-order valence-electron chi connectivity index (χ4n) is 1.45. The lowest BCUT2D eigenvalue weighted by Crippen LogP contribution is -2.40. The maximum Gasteiger partial charge on any atom is 0.321 e. The molecule has 1 heterocycles. The van der Waals surface area contributed by atoms with Crippen molar-refractivity contribution in [3.8, 4) is 0 Å². The number of hydrogen-bond acceptors (Lipinski definition) is 6. The van der Waals surface area contributed by atoms with Crippen molar-refractivity contribution in [2.24, 2.45) is 0 Å². The van der Waals surface area contributed by atoms with Gasteiger partial charge in [-0.05, 0) is 13.8 Å². The SMILES string of the molecule is CC(C)(I)C(=O)OCCOC(=O)CN1CCOCC1. The van der Waals surface area contributed by atoms with Gasteiger partial charge in [0.1, 0.15) is 16.6 Å². The Morgan fingerprint density at radius 2 is 1.79 bits per heavy atom. The van der Waals surface area contributed by atoms with Crippen molar-refractivity contribution in [3.05, 3.63) is 0 Å². The van der Waals surface area contributed by atoms with Crippen LogP contribution in [-0.2, 0) is 23.8 Å². The van der Waals surface area contributed by atoms with Crippen molar-refractivity contribution in [1.29, 1.82) is 0 Å². The molecule has 0 aromatic carbocycles. The molecule has 0 amide bonds. The Balaban J connectivity index is 2.08. The van der Waals surface area contributed by atoms with Crippen LogP contribution in [-0.4, -0.2) is 66.3 Å². The average molecular weight is 385 g/mol. The summed E-state index contributed by atoms with van der Waals surface area (Å²) in [6.07, 6.45) is 0. The van der Waals surface area contributed by atoms with Gasteiger partial charge >= 0.3 is 11.9 Å². The summed E-state index contributed by atoms with van der Waals surface area (Å²) in [6.45, 7) is 6.77. The lowest BCUT2D eigenvalue weighted by Gasteiger charge is -2.25. The van der Waals surface area contributed by atoms with Gasteiger partial charge in [-0.1, -0.05) is 22.6 Å². The third kappa shape index (κ3) is 7.07. The molecule has 0 bridgehead atoms. The highest BCUT2D eigenvalue weighted by Crippen LogP contribution is 2.17. The Labute approximate surface area is 126 Å². The van der Waals surface area contributed by atoms with Crippen LogP contribution < -0.4 is 0 Å². The number of hydrogen-bond donors (Lipinski definition) is 0. The monoisotopic (exact) mass is 385 g/mol. The third-order valence-corrected chi connectivity index (χ3v) is 2.96. The molecule has 19 heavy (non-hydrogen) atoms. The molecule has 1 aliphatic rings. The summed E-state index contributed by atoms with van der Waals surface area (Å²) in [4.78, 5) is 24.9. The maximum atomic E-state index is 11.5. The maximum absolute atomic E-state index is 11.5. The summed E-state index contributed by atoms with van der Waals surface area (Å²) >= 11 is 2.00. The van der Waals surface area contributed by atoms with Crippen molar-refractivity contribution in [2.45, 2.75) is 17.3 Å². The molecule has 1 rings (SSSR count). The Hall–Kier alpha value is -0.410. The standard InChI is InChI=1S/C12H20INO5/c1-12(2,13)11(16)19-8-7-18-10(15)9-14-3-5-17-6-4-14/h3-9H2,1-2H3. The molecule has 0 aromatic heterocycles. The molecule has 0 saturated carbocycles. The lowest BCUT2D eigenvalue weighted by molar-refractivity contribution is -0.154. The molecule has 0 atom stereocenters. The van der Waals surface area contributed by atoms with E-state index in [-0.39, 0.29) is 31.7 Å². The number of ether oxygens (including phenoxy) is 3. The zero-order valence-corrected chi connectivity index (χ0v) is 13.5. The fourth-order valence-corrected chi connectivity index (χ4v) is 1.60. The van der Waals surface area contributed by atoms with E-state index >= 15 is 0 Å². The summed E-state index contributed by atoms with van der Waals surface area (Å²) < 4.78 is 14.6. The number of halogens is 1. The van der Waals surface area contributed by atoms with E-state index in [0.717, 1.165) is 13.1 Å². The highest BCUT2D eigenvalue weighted by Gasteiger charge is 2.25. The Morgan fingerprint density at radius 3 is 2.37 bits per heavy atom. The summed E-state index contributed by atoms with van der Waals surface area (Å²) in [7, 11) is 0. The van der Waals surface area contributed by atoms with Crippen molar-refractivity contribution < 1.29 is 23.8 Å². The minimum Gasteiger partial charge on any atom is -0.461 e. The molecule has 1 aliphatic heterocycles. The van der Waals surface area contributed by atoms with Crippen LogP contribution in [0.2, 0.25) is 0 Å². The quantitative estimate of drug-likeness (QED) is 0.289. The van der Waals surface area contributed by atoms with Gasteiger partial charge in [-0.2, -0.15) is 0 Å². The number of carbonyl (C=O) groups excluding carboxylic acids is 2. The normalized spacial score (nSPS) is 17.0. The van der Waals surface area contributed by atoms with E-state index in [1.165, 1.54) is 0 Å². The molecule has 0 spiro atoms. The van der Waals surface area contributed by atoms with E-state index in [9.17, 15) is 9.59 Å². The van der Waals surface area contributed by atoms with Gasteiger partial charge in [-0.3, -0.25) is 14.5 Å². The van der Waals surface area contributed by atoms with Crippen molar-refractivity contribution >= 4 is 34.5 Å². The van der Waals surface area contributed by atoms with E-state index in [1.807, 2.05) is 27.5 Å². The van der Waals surface area contributed by atoms with Gasteiger partial charge in [-0.25, -0.2) is 0 Å². The zero-order valence-electron chi connectivity index (χ0n) is 11.3. The van der Waals surface area contributed by atoms with Crippen LogP contribution >= 0.6 is 22.6 Å². The molecule has 0 aromatic rings. The van der Waals surface area contributed by atoms with Crippen LogP contribution in [0.5, 0.6) is 0 Å². The molecule has 7 heteroatoms. The molecule has 0 aliphatic carbocycles. The van der Waals surface area contributed by atoms with Crippen molar-refractivity contribution in [1.82, 2.24) is 4.90 Å². The molecular formula is C12H20INO5. The molecule has 1 saturated heterocycles. The smallest absolute Gasteiger partial charge is 0.321 e. The minimum absolute atomic E-state index is 0.0973. The van der Waals surface area contributed by atoms with E-state index < -0.39 is 3.42 Å². The summed E-state index contributed by atoms with van der Waals surface area (Å²) in [5, 5.41) is 0. The van der Waals surface area contributed by atoms with Crippen LogP contribution in [0.15, 0.2) is 0 Å². The van der Waals surface area contributed by atoms with E-state index in [2.05, 4.69) is 0 Å². The van der Waals surface area contributed by atoms with E-state index in [0.29, 0.717) is 13.2 Å². The Morgan fingerprint density at radius 1 is 1.21 bits per heavy atom. The second kappa shape index (κ2) is 8.01. The summed E-state index contributed by atoms with van der Waals surface area (Å²) in [6, 6.07) is 0. The van der Waals surface area contributed by atoms with Gasteiger partial charge in [0.2, 0.25) is 0 Å². The largest absolute Gasteiger partial charge is 0.461 e. The first-order valence-electron chi connectivity index (χ1n) is 6.21.